The molecule has 0 bridgehead atoms. The van der Waals surface area contributed by atoms with E-state index in [9.17, 15) is 5.11 Å². The Balaban J connectivity index is 2.97. The van der Waals surface area contributed by atoms with Crippen LogP contribution in [0.5, 0.6) is 5.88 Å². The molecule has 0 aliphatic rings. The van der Waals surface area contributed by atoms with Gasteiger partial charge in [-0.25, -0.2) is 4.98 Å². The minimum atomic E-state index is -0.822. The van der Waals surface area contributed by atoms with Gasteiger partial charge in [0.2, 0.25) is 5.88 Å². The highest BCUT2D eigenvalue weighted by Crippen LogP contribution is 2.28. The molecule has 0 fully saturated rings. The van der Waals surface area contributed by atoms with Crippen LogP contribution in [0.3, 0.4) is 0 Å². The van der Waals surface area contributed by atoms with Crippen LogP contribution in [0, 0.1) is 0 Å². The van der Waals surface area contributed by atoms with Crippen LogP contribution in [0.2, 0.25) is 0 Å². The van der Waals surface area contributed by atoms with Crippen molar-refractivity contribution in [2.45, 2.75) is 39.7 Å². The summed E-state index contributed by atoms with van der Waals surface area (Å²) in [6, 6.07) is 0. The van der Waals surface area contributed by atoms with Gasteiger partial charge in [0.15, 0.2) is 5.82 Å². The summed E-state index contributed by atoms with van der Waals surface area (Å²) in [5.74, 6) is 1.01. The zero-order valence-electron chi connectivity index (χ0n) is 12.2. The molecule has 0 unspecified atom stereocenters. The Morgan fingerprint density at radius 1 is 1.37 bits per heavy atom. The van der Waals surface area contributed by atoms with Crippen molar-refractivity contribution in [2.75, 3.05) is 30.3 Å². The lowest BCUT2D eigenvalue weighted by Crippen LogP contribution is -2.39. The van der Waals surface area contributed by atoms with Gasteiger partial charge in [-0.15, -0.1) is 0 Å². The molecule has 6 nitrogen and oxygen atoms in total. The molecule has 0 saturated carbocycles. The number of ether oxygens (including phenoxy) is 1. The fourth-order valence-corrected chi connectivity index (χ4v) is 1.74. The largest absolute Gasteiger partial charge is 0.476 e. The van der Waals surface area contributed by atoms with E-state index in [1.54, 1.807) is 13.8 Å². The van der Waals surface area contributed by atoms with Gasteiger partial charge in [-0.05, 0) is 27.2 Å². The van der Waals surface area contributed by atoms with Crippen molar-refractivity contribution in [1.29, 1.82) is 0 Å². The van der Waals surface area contributed by atoms with Gasteiger partial charge in [0.1, 0.15) is 12.0 Å². The highest BCUT2D eigenvalue weighted by molar-refractivity contribution is 5.67. The van der Waals surface area contributed by atoms with Gasteiger partial charge in [-0.2, -0.15) is 4.98 Å². The Morgan fingerprint density at radius 2 is 2.05 bits per heavy atom. The predicted molar refractivity (Wildman–Crippen MR) is 76.4 cm³/mol. The molecule has 0 aromatic carbocycles. The molecular formula is C13H24N4O2. The number of aliphatic hydroxyl groups is 1. The molecule has 0 radical (unpaired) electrons. The van der Waals surface area contributed by atoms with Gasteiger partial charge < -0.3 is 20.5 Å². The number of hydrogen-bond acceptors (Lipinski definition) is 6. The average Bonchev–Trinajstić information content (AvgIpc) is 2.34. The Labute approximate surface area is 114 Å². The van der Waals surface area contributed by atoms with Gasteiger partial charge in [-0.3, -0.25) is 0 Å². The number of rotatable bonds is 7. The van der Waals surface area contributed by atoms with E-state index in [1.165, 1.54) is 6.33 Å². The molecule has 108 valence electrons. The number of nitrogens with zero attached hydrogens (tertiary/aromatic N) is 3. The van der Waals surface area contributed by atoms with Gasteiger partial charge in [0, 0.05) is 13.1 Å². The Morgan fingerprint density at radius 3 is 2.58 bits per heavy atom. The summed E-state index contributed by atoms with van der Waals surface area (Å²) in [5.41, 5.74) is 5.64. The molecule has 0 atom stereocenters. The lowest BCUT2D eigenvalue weighted by atomic mass is 10.1. The Kier molecular flexibility index (Phi) is 5.35. The molecule has 0 aliphatic carbocycles. The molecule has 6 heteroatoms. The number of likely N-dealkylation sites (N-methyl/N-ethyl adjacent to an activating group) is 1. The van der Waals surface area contributed by atoms with Gasteiger partial charge in [0.05, 0.1) is 12.2 Å². The van der Waals surface area contributed by atoms with Crippen molar-refractivity contribution in [3.8, 4) is 5.88 Å². The van der Waals surface area contributed by atoms with Crippen LogP contribution in [0.1, 0.15) is 34.1 Å². The summed E-state index contributed by atoms with van der Waals surface area (Å²) in [6.07, 6.45) is 2.32. The first-order valence-corrected chi connectivity index (χ1v) is 6.59. The van der Waals surface area contributed by atoms with Crippen LogP contribution in [0.4, 0.5) is 11.5 Å². The first-order chi connectivity index (χ1) is 8.89. The summed E-state index contributed by atoms with van der Waals surface area (Å²) >= 11 is 0. The molecule has 1 rings (SSSR count). The van der Waals surface area contributed by atoms with Gasteiger partial charge in [-0.1, -0.05) is 6.92 Å². The third-order valence-corrected chi connectivity index (χ3v) is 2.53. The van der Waals surface area contributed by atoms with E-state index in [4.69, 9.17) is 10.5 Å². The lowest BCUT2D eigenvalue weighted by molar-refractivity contribution is 0.0874. The first kappa shape index (κ1) is 15.5. The number of nitrogen functional groups attached to an aromatic ring is 1. The maximum absolute atomic E-state index is 9.92. The molecule has 0 spiro atoms. The highest BCUT2D eigenvalue weighted by Gasteiger charge is 2.21. The quantitative estimate of drug-likeness (QED) is 0.778. The van der Waals surface area contributed by atoms with Crippen LogP contribution in [0.25, 0.3) is 0 Å². The van der Waals surface area contributed by atoms with Crippen LogP contribution >= 0.6 is 0 Å². The van der Waals surface area contributed by atoms with Crippen LogP contribution < -0.4 is 15.4 Å². The second kappa shape index (κ2) is 6.56. The molecule has 1 heterocycles. The van der Waals surface area contributed by atoms with E-state index in [-0.39, 0.29) is 0 Å². The summed E-state index contributed by atoms with van der Waals surface area (Å²) in [6.45, 7) is 9.21. The Hall–Kier alpha value is -1.56. The van der Waals surface area contributed by atoms with Crippen LogP contribution in [-0.4, -0.2) is 40.4 Å². The maximum atomic E-state index is 9.92. The smallest absolute Gasteiger partial charge is 0.242 e. The van der Waals surface area contributed by atoms with Gasteiger partial charge >= 0.3 is 0 Å². The third-order valence-electron chi connectivity index (χ3n) is 2.53. The second-order valence-electron chi connectivity index (χ2n) is 5.09. The van der Waals surface area contributed by atoms with E-state index >= 15 is 0 Å². The molecule has 19 heavy (non-hydrogen) atoms. The average molecular weight is 268 g/mol. The second-order valence-corrected chi connectivity index (χ2v) is 5.09. The monoisotopic (exact) mass is 268 g/mol. The Bertz CT molecular complexity index is 404. The SMILES string of the molecule is CCCOc1ncnc(N(CC)CC(C)(C)O)c1N. The van der Waals surface area contributed by atoms with E-state index in [0.29, 0.717) is 37.1 Å². The number of anilines is 2. The summed E-state index contributed by atoms with van der Waals surface area (Å²) in [4.78, 5) is 10.2. The zero-order valence-corrected chi connectivity index (χ0v) is 12.2. The zero-order chi connectivity index (χ0) is 14.5. The minimum Gasteiger partial charge on any atom is -0.476 e. The first-order valence-electron chi connectivity index (χ1n) is 6.59. The van der Waals surface area contributed by atoms with E-state index in [0.717, 1.165) is 6.42 Å². The normalized spacial score (nSPS) is 11.4. The lowest BCUT2D eigenvalue weighted by Gasteiger charge is -2.29. The van der Waals surface area contributed by atoms with Crippen LogP contribution in [-0.2, 0) is 0 Å². The minimum absolute atomic E-state index is 0.404. The van der Waals surface area contributed by atoms with Crippen LogP contribution in [0.15, 0.2) is 6.33 Å². The number of aromatic nitrogens is 2. The third kappa shape index (κ3) is 4.55. The van der Waals surface area contributed by atoms with Crippen molar-refractivity contribution in [3.05, 3.63) is 6.33 Å². The van der Waals surface area contributed by atoms with E-state index < -0.39 is 5.60 Å². The summed E-state index contributed by atoms with van der Waals surface area (Å²) in [5, 5.41) is 9.92. The topological polar surface area (TPSA) is 84.5 Å². The maximum Gasteiger partial charge on any atom is 0.242 e. The predicted octanol–water partition coefficient (Wildman–Crippen LogP) is 1.44. The highest BCUT2D eigenvalue weighted by atomic mass is 16.5. The van der Waals surface area contributed by atoms with Crippen molar-refractivity contribution in [2.24, 2.45) is 0 Å². The number of hydrogen-bond donors (Lipinski definition) is 2. The van der Waals surface area contributed by atoms with Gasteiger partial charge in [0.25, 0.3) is 0 Å². The standard InChI is InChI=1S/C13H24N4O2/c1-5-7-19-12-10(14)11(15-9-16-12)17(6-2)8-13(3,4)18/h9,18H,5-8,14H2,1-4H3. The molecule has 0 amide bonds. The van der Waals surface area contributed by atoms with Crippen molar-refractivity contribution >= 4 is 11.5 Å². The molecule has 1 aromatic heterocycles. The summed E-state index contributed by atoms with van der Waals surface area (Å²) < 4.78 is 5.49. The fourth-order valence-electron chi connectivity index (χ4n) is 1.74. The summed E-state index contributed by atoms with van der Waals surface area (Å²) in [7, 11) is 0. The molecule has 0 aliphatic heterocycles. The molecule has 0 saturated heterocycles. The van der Waals surface area contributed by atoms with E-state index in [1.807, 2.05) is 18.7 Å². The van der Waals surface area contributed by atoms with Crippen molar-refractivity contribution in [3.63, 3.8) is 0 Å². The number of nitrogens with two attached hydrogens (primary N) is 1. The van der Waals surface area contributed by atoms with Crippen molar-refractivity contribution in [1.82, 2.24) is 9.97 Å². The molecular weight excluding hydrogens is 244 g/mol. The molecule has 3 N–H and O–H groups in total. The van der Waals surface area contributed by atoms with E-state index in [2.05, 4.69) is 9.97 Å². The molecule has 1 aromatic rings. The fraction of sp³-hybridized carbons (Fsp3) is 0.692. The van der Waals surface area contributed by atoms with Crippen molar-refractivity contribution < 1.29 is 9.84 Å².